The molecule has 4 nitrogen and oxygen atoms in total. The lowest BCUT2D eigenvalue weighted by Gasteiger charge is -2.12. The number of alkyl halides is 4. The fourth-order valence-electron chi connectivity index (χ4n) is 1.28. The van der Waals surface area contributed by atoms with Crippen molar-refractivity contribution < 1.29 is 22.9 Å². The summed E-state index contributed by atoms with van der Waals surface area (Å²) < 4.78 is 37.7. The molecule has 0 unspecified atom stereocenters. The average Bonchev–Trinajstić information content (AvgIpc) is 2.25. The van der Waals surface area contributed by atoms with E-state index in [4.69, 9.17) is 0 Å². The van der Waals surface area contributed by atoms with Gasteiger partial charge in [-0.05, 0) is 22.0 Å². The van der Waals surface area contributed by atoms with Crippen molar-refractivity contribution in [2.45, 2.75) is 6.18 Å². The molecule has 0 bridgehead atoms. The molecule has 0 aliphatic rings. The number of carbonyl (C=O) groups is 1. The number of halogens is 5. The fourth-order valence-corrected chi connectivity index (χ4v) is 2.36. The van der Waals surface area contributed by atoms with Crippen molar-refractivity contribution >= 4 is 43.3 Å². The van der Waals surface area contributed by atoms with Gasteiger partial charge in [0.05, 0.1) is 10.3 Å². The number of ketones is 1. The van der Waals surface area contributed by atoms with Crippen LogP contribution in [0.3, 0.4) is 0 Å². The first-order valence-corrected chi connectivity index (χ1v) is 6.24. The summed E-state index contributed by atoms with van der Waals surface area (Å²) in [5, 5.41) is 10.4. The molecule has 0 N–H and O–H groups in total. The van der Waals surface area contributed by atoms with Crippen LogP contribution in [0.25, 0.3) is 0 Å². The molecule has 0 aliphatic heterocycles. The van der Waals surface area contributed by atoms with Crippen LogP contribution in [0.1, 0.15) is 15.9 Å². The van der Waals surface area contributed by atoms with Crippen molar-refractivity contribution in [3.63, 3.8) is 0 Å². The second-order valence-corrected chi connectivity index (χ2v) is 4.49. The molecule has 9 heteroatoms. The molecule has 18 heavy (non-hydrogen) atoms. The second-order valence-electron chi connectivity index (χ2n) is 3.13. The number of carbonyl (C=O) groups excluding carboxylic acids is 1. The molecular weight excluding hydrogens is 387 g/mol. The van der Waals surface area contributed by atoms with E-state index in [9.17, 15) is 28.1 Å². The minimum atomic E-state index is -4.93. The van der Waals surface area contributed by atoms with Crippen LogP contribution in [-0.4, -0.2) is 16.0 Å². The number of nitrogens with zero attached hydrogens (tertiary/aromatic N) is 1. The number of nitro groups is 1. The Morgan fingerprint density at radius 3 is 2.33 bits per heavy atom. The average molecular weight is 391 g/mol. The fraction of sp³-hybridized carbons (Fsp3) is 0.222. The Hall–Kier alpha value is -0.960. The lowest BCUT2D eigenvalue weighted by molar-refractivity contribution is -0.388. The maximum absolute atomic E-state index is 12.8. The maximum atomic E-state index is 12.8. The monoisotopic (exact) mass is 389 g/mol. The topological polar surface area (TPSA) is 60.2 Å². The Bertz CT molecular complexity index is 517. The van der Waals surface area contributed by atoms with E-state index in [1.165, 1.54) is 0 Å². The number of nitro benzene ring substituents is 1. The Balaban J connectivity index is 3.61. The third-order valence-electron chi connectivity index (χ3n) is 2.02. The molecule has 0 atom stereocenters. The summed E-state index contributed by atoms with van der Waals surface area (Å²) in [5.41, 5.74) is -2.82. The Morgan fingerprint density at radius 2 is 1.94 bits per heavy atom. The molecule has 1 aromatic rings. The lowest BCUT2D eigenvalue weighted by Crippen LogP contribution is -2.13. The van der Waals surface area contributed by atoms with Crippen molar-refractivity contribution in [3.05, 3.63) is 37.8 Å². The van der Waals surface area contributed by atoms with Crippen LogP contribution < -0.4 is 0 Å². The summed E-state index contributed by atoms with van der Waals surface area (Å²) in [6.07, 6.45) is -4.93. The van der Waals surface area contributed by atoms with Crippen molar-refractivity contribution in [2.75, 3.05) is 5.33 Å². The number of hydrogen-bond donors (Lipinski definition) is 0. The summed E-state index contributed by atoms with van der Waals surface area (Å²) in [7, 11) is 0. The highest BCUT2D eigenvalue weighted by Gasteiger charge is 2.41. The van der Waals surface area contributed by atoms with Crippen molar-refractivity contribution in [3.8, 4) is 0 Å². The van der Waals surface area contributed by atoms with Crippen LogP contribution in [0.15, 0.2) is 16.6 Å². The molecule has 0 heterocycles. The van der Waals surface area contributed by atoms with Gasteiger partial charge in [0.2, 0.25) is 0 Å². The molecular formula is C9H4Br2F3NO3. The van der Waals surface area contributed by atoms with Crippen LogP contribution >= 0.6 is 31.9 Å². The van der Waals surface area contributed by atoms with Crippen molar-refractivity contribution in [2.24, 2.45) is 0 Å². The van der Waals surface area contributed by atoms with E-state index < -0.39 is 32.6 Å². The van der Waals surface area contributed by atoms with Crippen molar-refractivity contribution in [1.82, 2.24) is 0 Å². The summed E-state index contributed by atoms with van der Waals surface area (Å²) in [5.74, 6) is -0.609. The first kappa shape index (κ1) is 15.1. The quantitative estimate of drug-likeness (QED) is 0.340. The molecule has 1 rings (SSSR count). The smallest absolute Gasteiger partial charge is 0.293 e. The summed E-state index contributed by atoms with van der Waals surface area (Å²) >= 11 is 5.43. The van der Waals surface area contributed by atoms with E-state index in [0.29, 0.717) is 6.07 Å². The summed E-state index contributed by atoms with van der Waals surface area (Å²) in [6.45, 7) is 0. The normalized spacial score (nSPS) is 11.4. The molecule has 1 aromatic carbocycles. The summed E-state index contributed by atoms with van der Waals surface area (Å²) in [4.78, 5) is 20.8. The molecule has 0 fully saturated rings. The Labute approximate surface area is 116 Å². The van der Waals surface area contributed by atoms with Gasteiger partial charge in [-0.3, -0.25) is 14.9 Å². The molecule has 0 amide bonds. The number of hydrogen-bond acceptors (Lipinski definition) is 3. The Morgan fingerprint density at radius 1 is 1.39 bits per heavy atom. The standard InChI is InChI=1S/C9H4Br2F3NO3/c10-3-6(16)4-1-2-5(15(17)18)7(8(4)11)9(12,13)14/h1-2H,3H2. The molecule has 0 aromatic heterocycles. The Kier molecular flexibility index (Phi) is 4.49. The first-order valence-electron chi connectivity index (χ1n) is 4.33. The van der Waals surface area contributed by atoms with Gasteiger partial charge in [0.1, 0.15) is 5.56 Å². The van der Waals surface area contributed by atoms with Crippen LogP contribution in [0.2, 0.25) is 0 Å². The predicted molar refractivity (Wildman–Crippen MR) is 63.9 cm³/mol. The van der Waals surface area contributed by atoms with E-state index in [2.05, 4.69) is 31.9 Å². The van der Waals surface area contributed by atoms with Gasteiger partial charge in [-0.25, -0.2) is 0 Å². The molecule has 0 radical (unpaired) electrons. The van der Waals surface area contributed by atoms with Crippen LogP contribution in [0.4, 0.5) is 18.9 Å². The SMILES string of the molecule is O=C(CBr)c1ccc([N+](=O)[O-])c(C(F)(F)F)c1Br. The van der Waals surface area contributed by atoms with E-state index in [1.807, 2.05) is 0 Å². The third-order valence-corrected chi connectivity index (χ3v) is 3.35. The van der Waals surface area contributed by atoms with E-state index in [-0.39, 0.29) is 10.9 Å². The minimum Gasteiger partial charge on any atom is -0.293 e. The maximum Gasteiger partial charge on any atom is 0.424 e. The highest BCUT2D eigenvalue weighted by Crippen LogP contribution is 2.42. The van der Waals surface area contributed by atoms with E-state index in [0.717, 1.165) is 6.07 Å². The highest BCUT2D eigenvalue weighted by molar-refractivity contribution is 9.10. The van der Waals surface area contributed by atoms with Gasteiger partial charge >= 0.3 is 6.18 Å². The van der Waals surface area contributed by atoms with Crippen LogP contribution in [0, 0.1) is 10.1 Å². The minimum absolute atomic E-state index is 0.180. The number of Topliss-reactive ketones (excluding diaryl/α,β-unsaturated/α-hetero) is 1. The second kappa shape index (κ2) is 5.35. The van der Waals surface area contributed by atoms with Gasteiger partial charge in [-0.1, -0.05) is 15.9 Å². The zero-order valence-electron chi connectivity index (χ0n) is 8.42. The zero-order valence-corrected chi connectivity index (χ0v) is 11.6. The number of benzene rings is 1. The van der Waals surface area contributed by atoms with Gasteiger partial charge < -0.3 is 0 Å². The van der Waals surface area contributed by atoms with Crippen molar-refractivity contribution in [1.29, 1.82) is 0 Å². The van der Waals surface area contributed by atoms with Gasteiger partial charge in [0.15, 0.2) is 5.78 Å². The highest BCUT2D eigenvalue weighted by atomic mass is 79.9. The lowest BCUT2D eigenvalue weighted by atomic mass is 10.1. The first-order chi connectivity index (χ1) is 8.20. The third kappa shape index (κ3) is 2.89. The zero-order chi connectivity index (χ0) is 14.1. The molecule has 0 spiro atoms. The molecule has 98 valence electrons. The largest absolute Gasteiger partial charge is 0.424 e. The van der Waals surface area contributed by atoms with E-state index in [1.54, 1.807) is 0 Å². The van der Waals surface area contributed by atoms with E-state index >= 15 is 0 Å². The summed E-state index contributed by atoms with van der Waals surface area (Å²) in [6, 6.07) is 1.66. The molecule has 0 saturated carbocycles. The van der Waals surface area contributed by atoms with Crippen LogP contribution in [0.5, 0.6) is 0 Å². The van der Waals surface area contributed by atoms with Gasteiger partial charge in [0, 0.05) is 16.1 Å². The molecule has 0 saturated heterocycles. The number of rotatable bonds is 3. The van der Waals surface area contributed by atoms with Gasteiger partial charge in [0.25, 0.3) is 5.69 Å². The van der Waals surface area contributed by atoms with Crippen LogP contribution in [-0.2, 0) is 6.18 Å². The molecule has 0 aliphatic carbocycles. The van der Waals surface area contributed by atoms with Gasteiger partial charge in [-0.15, -0.1) is 0 Å². The van der Waals surface area contributed by atoms with Gasteiger partial charge in [-0.2, -0.15) is 13.2 Å². The predicted octanol–water partition coefficient (Wildman–Crippen LogP) is 3.95.